The second-order valence-corrected chi connectivity index (χ2v) is 4.98. The molecule has 0 aliphatic carbocycles. The van der Waals surface area contributed by atoms with Gasteiger partial charge in [-0.15, -0.1) is 11.3 Å². The molecule has 6 nitrogen and oxygen atoms in total. The number of hydrogen-bond donors (Lipinski definition) is 1. The van der Waals surface area contributed by atoms with Gasteiger partial charge in [0.15, 0.2) is 17.6 Å². The zero-order valence-corrected chi connectivity index (χ0v) is 12.2. The smallest absolute Gasteiger partial charge is 0.172 e. The summed E-state index contributed by atoms with van der Waals surface area (Å²) in [4.78, 5) is 0. The maximum Gasteiger partial charge on any atom is 0.172 e. The second kappa shape index (κ2) is 9.15. The lowest BCUT2D eigenvalue weighted by Gasteiger charge is -2.24. The molecular weight excluding hydrogens is 282 g/mol. The van der Waals surface area contributed by atoms with Crippen LogP contribution in [0.15, 0.2) is 10.8 Å². The molecule has 1 aliphatic heterocycles. The Kier molecular flexibility index (Phi) is 7.10. The van der Waals surface area contributed by atoms with E-state index >= 15 is 0 Å². The van der Waals surface area contributed by atoms with Crippen molar-refractivity contribution in [3.63, 3.8) is 0 Å². The van der Waals surface area contributed by atoms with Crippen LogP contribution >= 0.6 is 11.3 Å². The Hall–Kier alpha value is -0.860. The van der Waals surface area contributed by atoms with E-state index in [0.717, 1.165) is 11.5 Å². The molecule has 0 aromatic carbocycles. The average molecular weight is 303 g/mol. The van der Waals surface area contributed by atoms with Crippen molar-refractivity contribution in [2.75, 3.05) is 52.8 Å². The fourth-order valence-corrected chi connectivity index (χ4v) is 2.35. The van der Waals surface area contributed by atoms with Crippen LogP contribution in [0.5, 0.6) is 11.5 Å². The number of fused-ring (bicyclic) bond motifs is 1. The van der Waals surface area contributed by atoms with E-state index in [1.807, 2.05) is 10.8 Å². The van der Waals surface area contributed by atoms with E-state index in [4.69, 9.17) is 29.4 Å². The molecule has 1 atom stereocenters. The number of rotatable bonds is 10. The van der Waals surface area contributed by atoms with Gasteiger partial charge >= 0.3 is 0 Å². The summed E-state index contributed by atoms with van der Waals surface area (Å²) < 4.78 is 27.3. The molecule has 2 rings (SSSR count). The second-order valence-electron chi connectivity index (χ2n) is 4.24. The molecule has 7 heteroatoms. The average Bonchev–Trinajstić information content (AvgIpc) is 2.93. The van der Waals surface area contributed by atoms with Crippen LogP contribution < -0.4 is 15.2 Å². The highest BCUT2D eigenvalue weighted by molar-refractivity contribution is 7.08. The van der Waals surface area contributed by atoms with Crippen LogP contribution in [0.3, 0.4) is 0 Å². The topological polar surface area (TPSA) is 72.2 Å². The molecule has 1 unspecified atom stereocenters. The summed E-state index contributed by atoms with van der Waals surface area (Å²) in [6.07, 6.45) is -0.0509. The Morgan fingerprint density at radius 1 is 1.05 bits per heavy atom. The van der Waals surface area contributed by atoms with Crippen molar-refractivity contribution in [3.8, 4) is 11.5 Å². The first kappa shape index (κ1) is 15.5. The minimum absolute atomic E-state index is 0.0509. The third-order valence-corrected chi connectivity index (χ3v) is 3.32. The highest BCUT2D eigenvalue weighted by Crippen LogP contribution is 2.35. The summed E-state index contributed by atoms with van der Waals surface area (Å²) in [6.45, 7) is 4.35. The zero-order chi connectivity index (χ0) is 14.0. The number of hydrogen-bond acceptors (Lipinski definition) is 7. The van der Waals surface area contributed by atoms with E-state index in [9.17, 15) is 0 Å². The van der Waals surface area contributed by atoms with Gasteiger partial charge in [0, 0.05) is 17.3 Å². The lowest BCUT2D eigenvalue weighted by molar-refractivity contribution is -0.0199. The zero-order valence-electron chi connectivity index (χ0n) is 11.4. The first-order valence-electron chi connectivity index (χ1n) is 6.69. The molecule has 1 aliphatic rings. The third-order valence-electron chi connectivity index (χ3n) is 2.62. The van der Waals surface area contributed by atoms with Crippen LogP contribution in [0.1, 0.15) is 0 Å². The minimum Gasteiger partial charge on any atom is -0.485 e. The Labute approximate surface area is 122 Å². The van der Waals surface area contributed by atoms with Crippen LogP contribution in [0, 0.1) is 0 Å². The van der Waals surface area contributed by atoms with Crippen molar-refractivity contribution in [1.29, 1.82) is 0 Å². The monoisotopic (exact) mass is 303 g/mol. The highest BCUT2D eigenvalue weighted by atomic mass is 32.1. The predicted octanol–water partition coefficient (Wildman–Crippen LogP) is 0.896. The maximum absolute atomic E-state index is 5.73. The van der Waals surface area contributed by atoms with E-state index in [1.54, 1.807) is 11.3 Å². The van der Waals surface area contributed by atoms with Crippen molar-refractivity contribution in [2.45, 2.75) is 6.10 Å². The van der Waals surface area contributed by atoms with E-state index < -0.39 is 0 Å². The van der Waals surface area contributed by atoms with Gasteiger partial charge in [-0.2, -0.15) is 0 Å². The van der Waals surface area contributed by atoms with Gasteiger partial charge in [-0.3, -0.25) is 0 Å². The third kappa shape index (κ3) is 5.26. The molecule has 0 amide bonds. The normalized spacial score (nSPS) is 17.4. The lowest BCUT2D eigenvalue weighted by atomic mass is 10.3. The van der Waals surface area contributed by atoms with E-state index in [-0.39, 0.29) is 6.10 Å². The molecular formula is C13H21NO5S. The highest BCUT2D eigenvalue weighted by Gasteiger charge is 2.21. The fraction of sp³-hybridized carbons (Fsp3) is 0.692. The van der Waals surface area contributed by atoms with Crippen LogP contribution in [0.4, 0.5) is 0 Å². The Morgan fingerprint density at radius 3 is 2.55 bits per heavy atom. The van der Waals surface area contributed by atoms with Crippen molar-refractivity contribution < 1.29 is 23.7 Å². The molecule has 20 heavy (non-hydrogen) atoms. The number of ether oxygens (including phenoxy) is 5. The van der Waals surface area contributed by atoms with Crippen LogP contribution in [-0.2, 0) is 14.2 Å². The first-order valence-corrected chi connectivity index (χ1v) is 7.63. The van der Waals surface area contributed by atoms with Gasteiger partial charge in [-0.1, -0.05) is 0 Å². The Balaban J connectivity index is 1.44. The largest absolute Gasteiger partial charge is 0.485 e. The summed E-state index contributed by atoms with van der Waals surface area (Å²) in [5, 5.41) is 3.87. The van der Waals surface area contributed by atoms with Crippen LogP contribution in [0.25, 0.3) is 0 Å². The van der Waals surface area contributed by atoms with Gasteiger partial charge in [-0.05, 0) is 0 Å². The first-order chi connectivity index (χ1) is 9.90. The summed E-state index contributed by atoms with van der Waals surface area (Å²) in [7, 11) is 0. The van der Waals surface area contributed by atoms with E-state index in [0.29, 0.717) is 52.8 Å². The number of nitrogens with two attached hydrogens (primary N) is 1. The Morgan fingerprint density at radius 2 is 1.75 bits per heavy atom. The molecule has 1 aromatic heterocycles. The molecule has 0 radical (unpaired) electrons. The van der Waals surface area contributed by atoms with Gasteiger partial charge in [0.2, 0.25) is 0 Å². The van der Waals surface area contributed by atoms with Crippen LogP contribution in [0.2, 0.25) is 0 Å². The fourth-order valence-electron chi connectivity index (χ4n) is 1.68. The van der Waals surface area contributed by atoms with Crippen molar-refractivity contribution in [3.05, 3.63) is 10.8 Å². The van der Waals surface area contributed by atoms with Crippen LogP contribution in [-0.4, -0.2) is 58.9 Å². The molecule has 114 valence electrons. The summed E-state index contributed by atoms with van der Waals surface area (Å²) in [5.74, 6) is 1.63. The van der Waals surface area contributed by atoms with E-state index in [1.165, 1.54) is 0 Å². The van der Waals surface area contributed by atoms with Gasteiger partial charge < -0.3 is 29.4 Å². The lowest BCUT2D eigenvalue weighted by Crippen LogP contribution is -2.33. The quantitative estimate of drug-likeness (QED) is 0.647. The molecule has 1 aromatic rings. The van der Waals surface area contributed by atoms with Gasteiger partial charge in [0.1, 0.15) is 6.61 Å². The van der Waals surface area contributed by atoms with E-state index in [2.05, 4.69) is 0 Å². The van der Waals surface area contributed by atoms with Gasteiger partial charge in [-0.25, -0.2) is 0 Å². The molecule has 0 spiro atoms. The number of thiophene rings is 1. The molecule has 2 N–H and O–H groups in total. The summed E-state index contributed by atoms with van der Waals surface area (Å²) in [5.41, 5.74) is 5.30. The van der Waals surface area contributed by atoms with Crippen molar-refractivity contribution in [1.82, 2.24) is 0 Å². The molecule has 0 fully saturated rings. The van der Waals surface area contributed by atoms with Gasteiger partial charge in [0.05, 0.1) is 39.6 Å². The standard InChI is InChI=1S/C13H21NO5S/c14-1-2-15-3-4-16-5-6-17-7-11-8-18-12-9-20-10-13(12)19-11/h9-11H,1-8,14H2. The van der Waals surface area contributed by atoms with Gasteiger partial charge in [0.25, 0.3) is 0 Å². The SMILES string of the molecule is NCCOCCOCCOCC1COc2cscc2O1. The minimum atomic E-state index is -0.0509. The summed E-state index contributed by atoms with van der Waals surface area (Å²) in [6, 6.07) is 0. The van der Waals surface area contributed by atoms with Crippen molar-refractivity contribution in [2.24, 2.45) is 5.73 Å². The molecule has 0 saturated carbocycles. The predicted molar refractivity (Wildman–Crippen MR) is 75.7 cm³/mol. The molecule has 0 bridgehead atoms. The Bertz CT molecular complexity index is 373. The molecule has 2 heterocycles. The molecule has 0 saturated heterocycles. The van der Waals surface area contributed by atoms with Crippen molar-refractivity contribution >= 4 is 11.3 Å². The maximum atomic E-state index is 5.73. The summed E-state index contributed by atoms with van der Waals surface area (Å²) >= 11 is 1.57.